The molecule has 0 radical (unpaired) electrons. The molecular weight excluding hydrogens is 272 g/mol. The van der Waals surface area contributed by atoms with E-state index in [0.29, 0.717) is 18.7 Å². The zero-order chi connectivity index (χ0) is 14.3. The molecule has 2 heterocycles. The monoisotopic (exact) mass is 288 g/mol. The van der Waals surface area contributed by atoms with Crippen LogP contribution >= 0.6 is 0 Å². The summed E-state index contributed by atoms with van der Waals surface area (Å²) in [5, 5.41) is 20.4. The molecule has 1 aromatic heterocycles. The summed E-state index contributed by atoms with van der Waals surface area (Å²) in [5.41, 5.74) is -1.26. The molecule has 0 saturated carbocycles. The summed E-state index contributed by atoms with van der Waals surface area (Å²) < 4.78 is 24.3. The summed E-state index contributed by atoms with van der Waals surface area (Å²) in [6, 6.07) is 0. The minimum Gasteiger partial charge on any atom is -0.479 e. The first-order chi connectivity index (χ1) is 8.80. The minimum atomic E-state index is -3.07. The van der Waals surface area contributed by atoms with Gasteiger partial charge in [-0.05, 0) is 30.2 Å². The highest BCUT2D eigenvalue weighted by Gasteiger charge is 2.41. The number of aromatic nitrogens is 4. The zero-order valence-electron chi connectivity index (χ0n) is 10.8. The molecule has 1 aliphatic heterocycles. The number of hydrogen-bond donors (Lipinski definition) is 1. The van der Waals surface area contributed by atoms with Crippen molar-refractivity contribution in [2.45, 2.75) is 38.1 Å². The average Bonchev–Trinajstić information content (AvgIpc) is 2.93. The van der Waals surface area contributed by atoms with Crippen LogP contribution in [0.5, 0.6) is 0 Å². The van der Waals surface area contributed by atoms with Crippen molar-refractivity contribution in [1.29, 1.82) is 0 Å². The Kier molecular flexibility index (Phi) is 3.33. The van der Waals surface area contributed by atoms with Gasteiger partial charge in [-0.15, -0.1) is 5.10 Å². The van der Waals surface area contributed by atoms with Crippen molar-refractivity contribution in [3.05, 3.63) is 5.82 Å². The Hall–Kier alpha value is -1.51. The second kappa shape index (κ2) is 4.55. The third kappa shape index (κ3) is 2.34. The van der Waals surface area contributed by atoms with Crippen molar-refractivity contribution in [1.82, 2.24) is 20.2 Å². The number of aliphatic carboxylic acids is 1. The highest BCUT2D eigenvalue weighted by atomic mass is 32.2. The topological polar surface area (TPSA) is 115 Å². The second-order valence-electron chi connectivity index (χ2n) is 4.98. The van der Waals surface area contributed by atoms with Crippen LogP contribution in [-0.2, 0) is 20.2 Å². The number of nitrogens with zero attached hydrogens (tertiary/aromatic N) is 4. The molecule has 8 nitrogen and oxygen atoms in total. The molecule has 0 aromatic carbocycles. The molecule has 9 heteroatoms. The van der Waals surface area contributed by atoms with Gasteiger partial charge < -0.3 is 5.11 Å². The van der Waals surface area contributed by atoms with E-state index in [1.165, 1.54) is 11.6 Å². The molecule has 1 saturated heterocycles. The molecule has 2 rings (SSSR count). The van der Waals surface area contributed by atoms with Gasteiger partial charge in [0.1, 0.15) is 0 Å². The summed E-state index contributed by atoms with van der Waals surface area (Å²) in [6.07, 6.45) is 0.738. The van der Waals surface area contributed by atoms with Crippen molar-refractivity contribution in [2.75, 3.05) is 11.5 Å². The average molecular weight is 288 g/mol. The van der Waals surface area contributed by atoms with Gasteiger partial charge in [0.15, 0.2) is 21.2 Å². The van der Waals surface area contributed by atoms with Crippen LogP contribution in [0.1, 0.15) is 38.4 Å². The Morgan fingerprint density at radius 1 is 1.58 bits per heavy atom. The number of sulfone groups is 1. The van der Waals surface area contributed by atoms with Crippen molar-refractivity contribution < 1.29 is 18.3 Å². The van der Waals surface area contributed by atoms with Crippen LogP contribution in [0.2, 0.25) is 0 Å². The smallest absolute Gasteiger partial charge is 0.331 e. The van der Waals surface area contributed by atoms with Gasteiger partial charge in [0.25, 0.3) is 0 Å². The van der Waals surface area contributed by atoms with Gasteiger partial charge in [0.05, 0.1) is 11.5 Å². The van der Waals surface area contributed by atoms with Crippen LogP contribution < -0.4 is 0 Å². The molecule has 19 heavy (non-hydrogen) atoms. The van der Waals surface area contributed by atoms with E-state index in [4.69, 9.17) is 0 Å². The van der Waals surface area contributed by atoms with E-state index < -0.39 is 21.3 Å². The number of tetrazole rings is 1. The highest BCUT2D eigenvalue weighted by Crippen LogP contribution is 2.30. The quantitative estimate of drug-likeness (QED) is 0.814. The fourth-order valence-corrected chi connectivity index (χ4v) is 3.93. The molecule has 0 spiro atoms. The lowest BCUT2D eigenvalue weighted by molar-refractivity contribution is -0.147. The lowest BCUT2D eigenvalue weighted by atomic mass is 9.98. The number of carbonyl (C=O) groups is 1. The van der Waals surface area contributed by atoms with Crippen LogP contribution in [0.25, 0.3) is 0 Å². The summed E-state index contributed by atoms with van der Waals surface area (Å²) in [7, 11) is -3.07. The van der Waals surface area contributed by atoms with Gasteiger partial charge in [0, 0.05) is 5.92 Å². The maximum absolute atomic E-state index is 11.5. The van der Waals surface area contributed by atoms with Gasteiger partial charge in [-0.3, -0.25) is 0 Å². The van der Waals surface area contributed by atoms with Gasteiger partial charge >= 0.3 is 5.97 Å². The third-order valence-electron chi connectivity index (χ3n) is 3.71. The molecule has 0 amide bonds. The van der Waals surface area contributed by atoms with Crippen LogP contribution in [0.15, 0.2) is 0 Å². The lowest BCUT2D eigenvalue weighted by Gasteiger charge is -2.25. The fraction of sp³-hybridized carbons (Fsp3) is 0.800. The maximum atomic E-state index is 11.5. The summed E-state index contributed by atoms with van der Waals surface area (Å²) in [4.78, 5) is 11.4. The Morgan fingerprint density at radius 3 is 2.74 bits per heavy atom. The van der Waals surface area contributed by atoms with Gasteiger partial charge in [0.2, 0.25) is 0 Å². The molecule has 1 fully saturated rings. The lowest BCUT2D eigenvalue weighted by Crippen LogP contribution is -2.41. The minimum absolute atomic E-state index is 0.0210. The molecule has 2 atom stereocenters. The second-order valence-corrected chi connectivity index (χ2v) is 7.21. The molecule has 2 unspecified atom stereocenters. The largest absolute Gasteiger partial charge is 0.479 e. The number of rotatable bonds is 4. The normalized spacial score (nSPS) is 25.1. The summed E-state index contributed by atoms with van der Waals surface area (Å²) >= 11 is 0. The van der Waals surface area contributed by atoms with E-state index in [-0.39, 0.29) is 17.4 Å². The maximum Gasteiger partial charge on any atom is 0.331 e. The molecule has 1 aromatic rings. The fourth-order valence-electron chi connectivity index (χ4n) is 2.19. The zero-order valence-corrected chi connectivity index (χ0v) is 11.6. The first-order valence-electron chi connectivity index (χ1n) is 6.03. The van der Waals surface area contributed by atoms with Crippen LogP contribution in [-0.4, -0.2) is 51.2 Å². The van der Waals surface area contributed by atoms with E-state index in [2.05, 4.69) is 15.5 Å². The molecule has 1 N–H and O–H groups in total. The number of hydrogen-bond acceptors (Lipinski definition) is 6. The molecule has 0 aliphatic carbocycles. The van der Waals surface area contributed by atoms with E-state index in [0.717, 1.165) is 0 Å². The Morgan fingerprint density at radius 2 is 2.26 bits per heavy atom. The van der Waals surface area contributed by atoms with Crippen molar-refractivity contribution in [2.24, 2.45) is 0 Å². The van der Waals surface area contributed by atoms with Crippen molar-refractivity contribution in [3.8, 4) is 0 Å². The molecular formula is C10H16N4O4S. The summed E-state index contributed by atoms with van der Waals surface area (Å²) in [5.74, 6) is -0.949. The predicted molar refractivity (Wildman–Crippen MR) is 65.4 cm³/mol. The molecule has 1 aliphatic rings. The van der Waals surface area contributed by atoms with E-state index in [1.54, 1.807) is 6.92 Å². The van der Waals surface area contributed by atoms with Crippen LogP contribution in [0, 0.1) is 0 Å². The SMILES string of the molecule is CCC(C)(C(=O)O)n1nnnc1C1CCS(=O)(=O)C1. The Bertz CT molecular complexity index is 596. The van der Waals surface area contributed by atoms with Crippen molar-refractivity contribution in [3.63, 3.8) is 0 Å². The number of carboxylic acids is 1. The van der Waals surface area contributed by atoms with Crippen LogP contribution in [0.3, 0.4) is 0 Å². The van der Waals surface area contributed by atoms with Gasteiger partial charge in [-0.1, -0.05) is 6.92 Å². The van der Waals surface area contributed by atoms with Crippen molar-refractivity contribution >= 4 is 15.8 Å². The third-order valence-corrected chi connectivity index (χ3v) is 5.48. The Labute approximate surface area is 110 Å². The highest BCUT2D eigenvalue weighted by molar-refractivity contribution is 7.91. The van der Waals surface area contributed by atoms with Gasteiger partial charge in [-0.2, -0.15) is 0 Å². The molecule has 106 valence electrons. The number of carboxylic acid groups (broad SMARTS) is 1. The van der Waals surface area contributed by atoms with Gasteiger partial charge in [-0.25, -0.2) is 17.9 Å². The van der Waals surface area contributed by atoms with Crippen LogP contribution in [0.4, 0.5) is 0 Å². The first-order valence-corrected chi connectivity index (χ1v) is 7.85. The standard InChI is InChI=1S/C10H16N4O4S/c1-3-10(2,9(15)16)14-8(11-12-13-14)7-4-5-19(17,18)6-7/h7H,3-6H2,1-2H3,(H,15,16). The predicted octanol–water partition coefficient (Wildman–Crippen LogP) is -0.215. The van der Waals surface area contributed by atoms with E-state index >= 15 is 0 Å². The Balaban J connectivity index is 2.41. The first kappa shape index (κ1) is 13.9. The molecule has 0 bridgehead atoms. The van der Waals surface area contributed by atoms with E-state index in [1.807, 2.05) is 0 Å². The summed E-state index contributed by atoms with van der Waals surface area (Å²) in [6.45, 7) is 3.25. The van der Waals surface area contributed by atoms with E-state index in [9.17, 15) is 18.3 Å².